The Kier molecular flexibility index (Phi) is 3.45. The monoisotopic (exact) mass is 242 g/mol. The van der Waals surface area contributed by atoms with Crippen LogP contribution in [0.5, 0.6) is 0 Å². The molecule has 1 fully saturated rings. The number of amides is 3. The summed E-state index contributed by atoms with van der Waals surface area (Å²) >= 11 is 0. The minimum atomic E-state index is -0.831. The number of hydrogen-bond donors (Lipinski definition) is 1. The summed E-state index contributed by atoms with van der Waals surface area (Å²) in [7, 11) is 1.40. The van der Waals surface area contributed by atoms with E-state index in [4.69, 9.17) is 4.74 Å². The van der Waals surface area contributed by atoms with Crippen LogP contribution in [0.25, 0.3) is 0 Å². The third kappa shape index (κ3) is 2.95. The van der Waals surface area contributed by atoms with Crippen LogP contribution in [0.15, 0.2) is 0 Å². The molecule has 1 rings (SSSR count). The van der Waals surface area contributed by atoms with Gasteiger partial charge in [-0.05, 0) is 20.8 Å². The molecule has 3 amide bonds. The van der Waals surface area contributed by atoms with Gasteiger partial charge in [0.25, 0.3) is 5.91 Å². The van der Waals surface area contributed by atoms with Gasteiger partial charge in [-0.3, -0.25) is 14.5 Å². The molecule has 0 bridgehead atoms. The number of likely N-dealkylation sites (tertiary alicyclic amines) is 1. The van der Waals surface area contributed by atoms with Crippen molar-refractivity contribution < 1.29 is 19.1 Å². The van der Waals surface area contributed by atoms with Crippen LogP contribution in [0.4, 0.5) is 4.79 Å². The number of alkyl carbamates (subject to hydrolysis) is 1. The molecule has 1 aliphatic heterocycles. The Hall–Kier alpha value is -1.59. The second-order valence-corrected chi connectivity index (χ2v) is 5.15. The standard InChI is InChI=1S/C11H18N2O4/c1-6-7(9(15)13(5)8(6)14)12-10(16)17-11(2,3)4/h6-7H,1-5H3,(H,12,16)/t6-,7-/m0/s1. The van der Waals surface area contributed by atoms with Crippen LogP contribution in [-0.4, -0.2) is 41.5 Å². The van der Waals surface area contributed by atoms with Crippen molar-refractivity contribution >= 4 is 17.9 Å². The summed E-state index contributed by atoms with van der Waals surface area (Å²) in [5.41, 5.74) is -0.634. The zero-order valence-corrected chi connectivity index (χ0v) is 10.7. The first-order valence-corrected chi connectivity index (χ1v) is 5.44. The molecular weight excluding hydrogens is 224 g/mol. The fourth-order valence-electron chi connectivity index (χ4n) is 1.60. The highest BCUT2D eigenvalue weighted by Gasteiger charge is 2.44. The van der Waals surface area contributed by atoms with Crippen molar-refractivity contribution in [3.05, 3.63) is 0 Å². The van der Waals surface area contributed by atoms with E-state index in [0.717, 1.165) is 4.90 Å². The molecule has 1 saturated heterocycles. The van der Waals surface area contributed by atoms with Crippen LogP contribution in [0.1, 0.15) is 27.7 Å². The Bertz CT molecular complexity index is 359. The zero-order valence-electron chi connectivity index (χ0n) is 10.7. The largest absolute Gasteiger partial charge is 0.444 e. The number of carbonyl (C=O) groups excluding carboxylic acids is 3. The summed E-state index contributed by atoms with van der Waals surface area (Å²) in [6, 6.07) is -0.831. The summed E-state index contributed by atoms with van der Waals surface area (Å²) < 4.78 is 5.03. The van der Waals surface area contributed by atoms with E-state index in [1.165, 1.54) is 7.05 Å². The minimum absolute atomic E-state index is 0.295. The molecule has 0 unspecified atom stereocenters. The third-order valence-electron chi connectivity index (χ3n) is 2.49. The van der Waals surface area contributed by atoms with E-state index < -0.39 is 29.6 Å². The number of carbonyl (C=O) groups is 3. The van der Waals surface area contributed by atoms with Crippen molar-refractivity contribution in [1.29, 1.82) is 0 Å². The number of likely N-dealkylation sites (N-methyl/N-ethyl adjacent to an activating group) is 1. The molecular formula is C11H18N2O4. The molecule has 1 aliphatic rings. The average molecular weight is 242 g/mol. The van der Waals surface area contributed by atoms with Crippen LogP contribution in [0.3, 0.4) is 0 Å². The molecule has 96 valence electrons. The van der Waals surface area contributed by atoms with Crippen molar-refractivity contribution in [3.8, 4) is 0 Å². The van der Waals surface area contributed by atoms with Gasteiger partial charge in [-0.1, -0.05) is 6.92 Å². The van der Waals surface area contributed by atoms with E-state index in [1.807, 2.05) is 0 Å². The minimum Gasteiger partial charge on any atom is -0.444 e. The molecule has 1 N–H and O–H groups in total. The number of nitrogens with zero attached hydrogens (tertiary/aromatic N) is 1. The molecule has 0 aromatic rings. The van der Waals surface area contributed by atoms with Gasteiger partial charge in [-0.25, -0.2) is 4.79 Å². The summed E-state index contributed by atoms with van der Waals surface area (Å²) in [6.07, 6.45) is -0.689. The predicted octanol–water partition coefficient (Wildman–Crippen LogP) is 0.514. The number of ether oxygens (including phenoxy) is 1. The van der Waals surface area contributed by atoms with Gasteiger partial charge in [-0.2, -0.15) is 0 Å². The molecule has 6 nitrogen and oxygen atoms in total. The molecule has 0 aromatic carbocycles. The van der Waals surface area contributed by atoms with Gasteiger partial charge in [-0.15, -0.1) is 0 Å². The Labute approximate surface area is 100 Å². The first-order valence-electron chi connectivity index (χ1n) is 5.44. The summed E-state index contributed by atoms with van der Waals surface area (Å²) in [5, 5.41) is 2.42. The van der Waals surface area contributed by atoms with Gasteiger partial charge in [0.05, 0.1) is 5.92 Å². The zero-order chi connectivity index (χ0) is 13.4. The van der Waals surface area contributed by atoms with Crippen molar-refractivity contribution in [2.75, 3.05) is 7.05 Å². The molecule has 17 heavy (non-hydrogen) atoms. The topological polar surface area (TPSA) is 75.7 Å². The van der Waals surface area contributed by atoms with E-state index in [0.29, 0.717) is 0 Å². The van der Waals surface area contributed by atoms with Gasteiger partial charge in [0.15, 0.2) is 0 Å². The van der Waals surface area contributed by atoms with E-state index in [2.05, 4.69) is 5.32 Å². The number of rotatable bonds is 1. The maximum atomic E-state index is 11.7. The first kappa shape index (κ1) is 13.5. The molecule has 0 saturated carbocycles. The number of imide groups is 1. The summed E-state index contributed by atoms with van der Waals surface area (Å²) in [5.74, 6) is -1.26. The molecule has 2 atom stereocenters. The highest BCUT2D eigenvalue weighted by molar-refractivity contribution is 6.07. The SMILES string of the molecule is C[C@@H]1C(=O)N(C)C(=O)[C@H]1NC(=O)OC(C)(C)C. The highest BCUT2D eigenvalue weighted by Crippen LogP contribution is 2.18. The fraction of sp³-hybridized carbons (Fsp3) is 0.727. The van der Waals surface area contributed by atoms with E-state index in [-0.39, 0.29) is 5.91 Å². The van der Waals surface area contributed by atoms with Gasteiger partial charge in [0.1, 0.15) is 11.6 Å². The van der Waals surface area contributed by atoms with Crippen LogP contribution >= 0.6 is 0 Å². The normalized spacial score (nSPS) is 25.1. The van der Waals surface area contributed by atoms with Crippen LogP contribution in [0, 0.1) is 5.92 Å². The van der Waals surface area contributed by atoms with Crippen molar-refractivity contribution in [1.82, 2.24) is 10.2 Å². The van der Waals surface area contributed by atoms with Gasteiger partial charge < -0.3 is 10.1 Å². The molecule has 6 heteroatoms. The number of nitrogens with one attached hydrogen (secondary N) is 1. The van der Waals surface area contributed by atoms with Crippen molar-refractivity contribution in [2.24, 2.45) is 5.92 Å². The average Bonchev–Trinajstić information content (AvgIpc) is 2.33. The number of hydrogen-bond acceptors (Lipinski definition) is 4. The lowest BCUT2D eigenvalue weighted by atomic mass is 10.1. The molecule has 0 aromatic heterocycles. The van der Waals surface area contributed by atoms with E-state index >= 15 is 0 Å². The molecule has 0 spiro atoms. The van der Waals surface area contributed by atoms with Crippen LogP contribution in [-0.2, 0) is 14.3 Å². The summed E-state index contributed by atoms with van der Waals surface area (Å²) in [4.78, 5) is 35.7. The lowest BCUT2D eigenvalue weighted by Gasteiger charge is -2.21. The maximum absolute atomic E-state index is 11.7. The second-order valence-electron chi connectivity index (χ2n) is 5.15. The van der Waals surface area contributed by atoms with Crippen molar-refractivity contribution in [2.45, 2.75) is 39.3 Å². The van der Waals surface area contributed by atoms with E-state index in [1.54, 1.807) is 27.7 Å². The predicted molar refractivity (Wildman–Crippen MR) is 60.1 cm³/mol. The van der Waals surface area contributed by atoms with E-state index in [9.17, 15) is 14.4 Å². The fourth-order valence-corrected chi connectivity index (χ4v) is 1.60. The Morgan fingerprint density at radius 3 is 2.18 bits per heavy atom. The lowest BCUT2D eigenvalue weighted by molar-refractivity contribution is -0.137. The maximum Gasteiger partial charge on any atom is 0.408 e. The summed E-state index contributed by atoms with van der Waals surface area (Å²) in [6.45, 7) is 6.78. The molecule has 0 aliphatic carbocycles. The van der Waals surface area contributed by atoms with Crippen molar-refractivity contribution in [3.63, 3.8) is 0 Å². The van der Waals surface area contributed by atoms with Crippen LogP contribution < -0.4 is 5.32 Å². The Morgan fingerprint density at radius 2 is 1.82 bits per heavy atom. The molecule has 1 heterocycles. The van der Waals surface area contributed by atoms with Gasteiger partial charge in [0, 0.05) is 7.05 Å². The smallest absolute Gasteiger partial charge is 0.408 e. The first-order chi connectivity index (χ1) is 7.63. The molecule has 0 radical (unpaired) electrons. The van der Waals surface area contributed by atoms with Crippen LogP contribution in [0.2, 0.25) is 0 Å². The van der Waals surface area contributed by atoms with Gasteiger partial charge >= 0.3 is 6.09 Å². The third-order valence-corrected chi connectivity index (χ3v) is 2.49. The van der Waals surface area contributed by atoms with Gasteiger partial charge in [0.2, 0.25) is 5.91 Å². The quantitative estimate of drug-likeness (QED) is 0.680. The Morgan fingerprint density at radius 1 is 1.29 bits per heavy atom. The lowest BCUT2D eigenvalue weighted by Crippen LogP contribution is -2.45. The Balaban J connectivity index is 2.67. The second kappa shape index (κ2) is 4.35. The highest BCUT2D eigenvalue weighted by atomic mass is 16.6.